The van der Waals surface area contributed by atoms with Gasteiger partial charge >= 0.3 is 5.97 Å². The number of rotatable bonds is 5. The van der Waals surface area contributed by atoms with Crippen LogP contribution < -0.4 is 10.5 Å². The summed E-state index contributed by atoms with van der Waals surface area (Å²) in [6.07, 6.45) is 6.22. The molecule has 1 N–H and O–H groups in total. The zero-order chi connectivity index (χ0) is 22.1. The second-order valence-corrected chi connectivity index (χ2v) is 9.24. The fourth-order valence-corrected chi connectivity index (χ4v) is 5.10. The number of carbonyl (C=O) groups excluding carboxylic acids is 1. The van der Waals surface area contributed by atoms with Gasteiger partial charge in [-0.25, -0.2) is 4.98 Å². The van der Waals surface area contributed by atoms with E-state index in [1.54, 1.807) is 18.3 Å². The summed E-state index contributed by atoms with van der Waals surface area (Å²) in [7, 11) is 0. The second kappa shape index (κ2) is 8.80. The third-order valence-electron chi connectivity index (χ3n) is 5.42. The molecule has 2 aliphatic heterocycles. The van der Waals surface area contributed by atoms with Crippen LogP contribution in [0.3, 0.4) is 0 Å². The van der Waals surface area contributed by atoms with Gasteiger partial charge in [-0.05, 0) is 43.9 Å². The number of aryl methyl sites for hydroxylation is 1. The van der Waals surface area contributed by atoms with Crippen molar-refractivity contribution < 1.29 is 14.7 Å². The van der Waals surface area contributed by atoms with E-state index in [2.05, 4.69) is 4.90 Å². The molecule has 0 radical (unpaired) electrons. The summed E-state index contributed by atoms with van der Waals surface area (Å²) in [4.78, 5) is 45.7. The van der Waals surface area contributed by atoms with Crippen LogP contribution in [0.1, 0.15) is 36.8 Å². The van der Waals surface area contributed by atoms with Crippen LogP contribution in [0, 0.1) is 6.92 Å². The maximum atomic E-state index is 13.4. The number of nitrogens with zero attached hydrogens (tertiary/aromatic N) is 4. The smallest absolute Gasteiger partial charge is 0.305 e. The van der Waals surface area contributed by atoms with E-state index in [0.717, 1.165) is 49.7 Å². The number of carboxylic acid groups (broad SMARTS) is 1. The van der Waals surface area contributed by atoms with Gasteiger partial charge in [0, 0.05) is 25.8 Å². The van der Waals surface area contributed by atoms with Gasteiger partial charge in [0.25, 0.3) is 11.5 Å². The molecule has 31 heavy (non-hydrogen) atoms. The van der Waals surface area contributed by atoms with Crippen molar-refractivity contribution in [3.05, 3.63) is 44.7 Å². The van der Waals surface area contributed by atoms with Gasteiger partial charge < -0.3 is 10.0 Å². The molecular formula is C21H22N4O4S2. The average Bonchev–Trinajstić information content (AvgIpc) is 3.02. The molecule has 4 rings (SSSR count). The molecule has 0 aliphatic carbocycles. The Morgan fingerprint density at radius 3 is 2.74 bits per heavy atom. The lowest BCUT2D eigenvalue weighted by Gasteiger charge is -2.29. The van der Waals surface area contributed by atoms with Gasteiger partial charge in [0.15, 0.2) is 0 Å². The molecule has 2 aromatic rings. The minimum Gasteiger partial charge on any atom is -0.481 e. The van der Waals surface area contributed by atoms with Crippen molar-refractivity contribution in [1.82, 2.24) is 14.3 Å². The monoisotopic (exact) mass is 458 g/mol. The minimum atomic E-state index is -1.00. The van der Waals surface area contributed by atoms with Crippen LogP contribution in [0.25, 0.3) is 11.7 Å². The second-order valence-electron chi connectivity index (χ2n) is 7.56. The molecule has 2 fully saturated rings. The van der Waals surface area contributed by atoms with Crippen molar-refractivity contribution in [2.24, 2.45) is 0 Å². The fraction of sp³-hybridized carbons (Fsp3) is 0.381. The molecule has 0 saturated carbocycles. The summed E-state index contributed by atoms with van der Waals surface area (Å²) in [5.41, 5.74) is 1.59. The van der Waals surface area contributed by atoms with E-state index in [4.69, 9.17) is 22.3 Å². The average molecular weight is 459 g/mol. The predicted octanol–water partition coefficient (Wildman–Crippen LogP) is 2.67. The number of thioether (sulfide) groups is 1. The fourth-order valence-electron chi connectivity index (χ4n) is 3.80. The number of hydrogen-bond donors (Lipinski definition) is 1. The molecule has 2 aliphatic rings. The third kappa shape index (κ3) is 4.22. The maximum Gasteiger partial charge on any atom is 0.305 e. The number of thiocarbonyl (C=S) groups is 1. The van der Waals surface area contributed by atoms with Crippen LogP contribution in [0.2, 0.25) is 0 Å². The van der Waals surface area contributed by atoms with Crippen molar-refractivity contribution in [3.63, 3.8) is 0 Å². The number of aliphatic carboxylic acids is 1. The number of fused-ring (bicyclic) bond motifs is 1. The van der Waals surface area contributed by atoms with Crippen LogP contribution in [0.4, 0.5) is 5.82 Å². The largest absolute Gasteiger partial charge is 0.481 e. The summed E-state index contributed by atoms with van der Waals surface area (Å²) >= 11 is 6.36. The lowest BCUT2D eigenvalue weighted by atomic mass is 10.1. The predicted molar refractivity (Wildman–Crippen MR) is 124 cm³/mol. The Hall–Kier alpha value is -2.72. The van der Waals surface area contributed by atoms with Gasteiger partial charge in [-0.2, -0.15) is 0 Å². The van der Waals surface area contributed by atoms with Crippen molar-refractivity contribution in [2.75, 3.05) is 24.5 Å². The minimum absolute atomic E-state index is 0.00443. The molecule has 0 bridgehead atoms. The molecule has 8 nitrogen and oxygen atoms in total. The summed E-state index contributed by atoms with van der Waals surface area (Å²) in [6, 6.07) is 3.70. The number of carbonyl (C=O) groups is 2. The molecule has 10 heteroatoms. The molecule has 0 spiro atoms. The summed E-state index contributed by atoms with van der Waals surface area (Å²) in [5.74, 6) is -0.804. The number of aromatic nitrogens is 2. The molecule has 2 saturated heterocycles. The van der Waals surface area contributed by atoms with E-state index in [0.29, 0.717) is 26.3 Å². The maximum absolute atomic E-state index is 13.4. The first kappa shape index (κ1) is 21.5. The van der Waals surface area contributed by atoms with Gasteiger partial charge in [0.1, 0.15) is 15.8 Å². The van der Waals surface area contributed by atoms with E-state index in [1.165, 1.54) is 9.30 Å². The standard InChI is InChI=1S/C21H22N4O4S2/c1-13-6-5-10-24-17(13)22-18(23-8-3-2-4-9-23)14(19(24)28)12-15-20(29)25(21(30)31-15)11-7-16(26)27/h5-6,10,12H,2-4,7-9,11H2,1H3,(H,26,27)/b15-12+. The van der Waals surface area contributed by atoms with Crippen LogP contribution in [0.5, 0.6) is 0 Å². The molecule has 162 valence electrons. The Kier molecular flexibility index (Phi) is 6.10. The van der Waals surface area contributed by atoms with Crippen LogP contribution >= 0.6 is 24.0 Å². The summed E-state index contributed by atoms with van der Waals surface area (Å²) in [6.45, 7) is 3.52. The normalized spacial score (nSPS) is 18.4. The molecule has 0 unspecified atom stereocenters. The SMILES string of the molecule is Cc1cccn2c(=O)c(/C=C3/SC(=S)N(CCC(=O)O)C3=O)c(N3CCCCC3)nc12. The van der Waals surface area contributed by atoms with Crippen LogP contribution in [-0.2, 0) is 9.59 Å². The lowest BCUT2D eigenvalue weighted by Crippen LogP contribution is -2.34. The van der Waals surface area contributed by atoms with E-state index in [-0.39, 0.29) is 24.4 Å². The molecule has 2 aromatic heterocycles. The van der Waals surface area contributed by atoms with Crippen LogP contribution in [0.15, 0.2) is 28.0 Å². The lowest BCUT2D eigenvalue weighted by molar-refractivity contribution is -0.137. The Morgan fingerprint density at radius 2 is 2.03 bits per heavy atom. The highest BCUT2D eigenvalue weighted by Gasteiger charge is 2.33. The first-order chi connectivity index (χ1) is 14.9. The highest BCUT2D eigenvalue weighted by atomic mass is 32.2. The Balaban J connectivity index is 1.82. The van der Waals surface area contributed by atoms with Crippen molar-refractivity contribution in [2.45, 2.75) is 32.6 Å². The molecule has 0 atom stereocenters. The van der Waals surface area contributed by atoms with Crippen molar-refractivity contribution >= 4 is 57.7 Å². The van der Waals surface area contributed by atoms with Gasteiger partial charge in [-0.3, -0.25) is 23.7 Å². The Morgan fingerprint density at radius 1 is 1.29 bits per heavy atom. The zero-order valence-electron chi connectivity index (χ0n) is 17.0. The zero-order valence-corrected chi connectivity index (χ0v) is 18.7. The highest BCUT2D eigenvalue weighted by Crippen LogP contribution is 2.34. The molecular weight excluding hydrogens is 436 g/mol. The number of piperidine rings is 1. The Bertz CT molecular complexity index is 1170. The van der Waals surface area contributed by atoms with Crippen molar-refractivity contribution in [3.8, 4) is 0 Å². The van der Waals surface area contributed by atoms with Gasteiger partial charge in [-0.1, -0.05) is 30.0 Å². The van der Waals surface area contributed by atoms with E-state index in [1.807, 2.05) is 13.0 Å². The highest BCUT2D eigenvalue weighted by molar-refractivity contribution is 8.26. The molecule has 0 aromatic carbocycles. The number of amides is 1. The summed E-state index contributed by atoms with van der Waals surface area (Å²) < 4.78 is 1.79. The first-order valence-corrected chi connectivity index (χ1v) is 11.3. The van der Waals surface area contributed by atoms with E-state index in [9.17, 15) is 14.4 Å². The van der Waals surface area contributed by atoms with E-state index >= 15 is 0 Å². The number of carboxylic acids is 1. The quantitative estimate of drug-likeness (QED) is 0.540. The van der Waals surface area contributed by atoms with E-state index < -0.39 is 5.97 Å². The first-order valence-electron chi connectivity index (χ1n) is 10.1. The number of pyridine rings is 1. The molecule has 1 amide bonds. The Labute approximate surface area is 188 Å². The van der Waals surface area contributed by atoms with Gasteiger partial charge in [-0.15, -0.1) is 0 Å². The third-order valence-corrected chi connectivity index (χ3v) is 6.80. The number of hydrogen-bond acceptors (Lipinski definition) is 7. The molecule has 4 heterocycles. The summed E-state index contributed by atoms with van der Waals surface area (Å²) in [5, 5.41) is 8.93. The van der Waals surface area contributed by atoms with Crippen LogP contribution in [-0.4, -0.2) is 55.2 Å². The van der Waals surface area contributed by atoms with Gasteiger partial charge in [0.2, 0.25) is 0 Å². The number of anilines is 1. The van der Waals surface area contributed by atoms with Gasteiger partial charge in [0.05, 0.1) is 16.9 Å². The van der Waals surface area contributed by atoms with Crippen molar-refractivity contribution in [1.29, 1.82) is 0 Å². The topological polar surface area (TPSA) is 95.2 Å².